The maximum absolute atomic E-state index is 14.4. The average molecular weight is 660 g/mol. The van der Waals surface area contributed by atoms with E-state index in [0.29, 0.717) is 54.0 Å². The van der Waals surface area contributed by atoms with Crippen molar-refractivity contribution >= 4 is 28.0 Å². The number of carbonyl (C=O) groups excluding carboxylic acids is 1. The Balaban J connectivity index is 1.15. The van der Waals surface area contributed by atoms with Gasteiger partial charge in [0.2, 0.25) is 0 Å². The molecule has 6 aromatic rings. The second-order valence-electron chi connectivity index (χ2n) is 12.7. The van der Waals surface area contributed by atoms with Crippen LogP contribution in [0.2, 0.25) is 0 Å². The summed E-state index contributed by atoms with van der Waals surface area (Å²) in [5.74, 6) is 1.23. The number of ether oxygens (including phenoxy) is 3. The molecule has 8 heteroatoms. The highest BCUT2D eigenvalue weighted by molar-refractivity contribution is 6.29. The van der Waals surface area contributed by atoms with Gasteiger partial charge in [0, 0.05) is 23.1 Å². The summed E-state index contributed by atoms with van der Waals surface area (Å²) in [4.78, 5) is 25.0. The molecule has 246 valence electrons. The van der Waals surface area contributed by atoms with Gasteiger partial charge in [-0.15, -0.1) is 0 Å². The summed E-state index contributed by atoms with van der Waals surface area (Å²) >= 11 is 0. The molecule has 2 aliphatic heterocycles. The lowest BCUT2D eigenvalue weighted by molar-refractivity contribution is -0.129. The number of amides is 1. The molecule has 1 aliphatic carbocycles. The van der Waals surface area contributed by atoms with Crippen molar-refractivity contribution in [2.24, 2.45) is 4.99 Å². The van der Waals surface area contributed by atoms with Crippen molar-refractivity contribution in [1.29, 1.82) is 0 Å². The first-order chi connectivity index (χ1) is 24.6. The number of phenolic OH excluding ortho intramolecular Hbond substituents is 1. The lowest BCUT2D eigenvalue weighted by Crippen LogP contribution is -2.30. The molecule has 50 heavy (non-hydrogen) atoms. The molecule has 1 amide bonds. The van der Waals surface area contributed by atoms with E-state index in [2.05, 4.69) is 4.98 Å². The topological polar surface area (TPSA) is 96.4 Å². The number of nitrogens with zero attached hydrogens (tertiary/aromatic N) is 2. The Bertz CT molecular complexity index is 2420. The average Bonchev–Trinajstić information content (AvgIpc) is 3.84. The second kappa shape index (κ2) is 12.4. The normalized spacial score (nSPS) is 15.8. The third-order valence-corrected chi connectivity index (χ3v) is 9.58. The molecule has 0 spiro atoms. The second-order valence-corrected chi connectivity index (χ2v) is 12.7. The van der Waals surface area contributed by atoms with Crippen LogP contribution in [0.25, 0.3) is 22.0 Å². The molecule has 1 atom stereocenters. The van der Waals surface area contributed by atoms with Crippen LogP contribution < -0.4 is 20.0 Å². The Morgan fingerprint density at radius 1 is 0.740 bits per heavy atom. The molecule has 1 unspecified atom stereocenters. The molecule has 0 bridgehead atoms. The van der Waals surface area contributed by atoms with E-state index in [0.717, 1.165) is 50.0 Å². The van der Waals surface area contributed by atoms with Crippen LogP contribution in [0.3, 0.4) is 0 Å². The zero-order chi connectivity index (χ0) is 33.6. The van der Waals surface area contributed by atoms with Crippen LogP contribution in [-0.4, -0.2) is 34.2 Å². The van der Waals surface area contributed by atoms with Gasteiger partial charge in [-0.3, -0.25) is 9.79 Å². The van der Waals surface area contributed by atoms with Crippen molar-refractivity contribution < 1.29 is 24.1 Å². The fourth-order valence-corrected chi connectivity index (χ4v) is 7.26. The van der Waals surface area contributed by atoms with E-state index in [1.54, 1.807) is 17.0 Å². The highest BCUT2D eigenvalue weighted by Crippen LogP contribution is 2.51. The summed E-state index contributed by atoms with van der Waals surface area (Å²) in [5.41, 5.74) is 7.75. The number of fused-ring (bicyclic) bond motifs is 8. The van der Waals surface area contributed by atoms with Crippen LogP contribution in [0.1, 0.15) is 34.0 Å². The van der Waals surface area contributed by atoms with Gasteiger partial charge in [-0.2, -0.15) is 0 Å². The number of H-pyrrole nitrogens is 1. The van der Waals surface area contributed by atoms with Crippen LogP contribution in [-0.2, 0) is 29.4 Å². The summed E-state index contributed by atoms with van der Waals surface area (Å²) in [6, 6.07) is 38.7. The van der Waals surface area contributed by atoms with Crippen LogP contribution in [0, 0.1) is 0 Å². The van der Waals surface area contributed by atoms with Crippen molar-refractivity contribution in [2.45, 2.75) is 25.9 Å². The van der Waals surface area contributed by atoms with Gasteiger partial charge in [0.05, 0.1) is 28.6 Å². The number of benzene rings is 5. The maximum atomic E-state index is 14.4. The fourth-order valence-electron chi connectivity index (χ4n) is 7.26. The van der Waals surface area contributed by atoms with Crippen molar-refractivity contribution in [3.63, 3.8) is 0 Å². The molecule has 3 heterocycles. The van der Waals surface area contributed by atoms with E-state index in [1.807, 2.05) is 109 Å². The number of phenols is 1. The van der Waals surface area contributed by atoms with Crippen molar-refractivity contribution in [2.75, 3.05) is 13.3 Å². The van der Waals surface area contributed by atoms with Crippen LogP contribution in [0.5, 0.6) is 17.2 Å². The number of hydrogen-bond donors (Lipinski definition) is 2. The van der Waals surface area contributed by atoms with E-state index in [-0.39, 0.29) is 18.4 Å². The predicted octanol–water partition coefficient (Wildman–Crippen LogP) is 6.34. The first-order valence-electron chi connectivity index (χ1n) is 16.7. The van der Waals surface area contributed by atoms with Gasteiger partial charge >= 0.3 is 0 Å². The molecular weight excluding hydrogens is 626 g/mol. The first-order valence-corrected chi connectivity index (χ1v) is 16.7. The van der Waals surface area contributed by atoms with Crippen molar-refractivity contribution in [3.8, 4) is 17.2 Å². The van der Waals surface area contributed by atoms with E-state index in [1.165, 1.54) is 0 Å². The fraction of sp³-hybridized carbons (Fsp3) is 0.143. The summed E-state index contributed by atoms with van der Waals surface area (Å²) in [5, 5.41) is 13.4. The van der Waals surface area contributed by atoms with Gasteiger partial charge in [-0.05, 0) is 40.5 Å². The maximum Gasteiger partial charge on any atom is 0.257 e. The molecule has 8 nitrogen and oxygen atoms in total. The Morgan fingerprint density at radius 3 is 2.06 bits per heavy atom. The number of carbonyl (C=O) groups is 1. The molecule has 5 aromatic carbocycles. The number of rotatable bonds is 10. The van der Waals surface area contributed by atoms with Crippen LogP contribution in [0.4, 0.5) is 0 Å². The quantitative estimate of drug-likeness (QED) is 0.179. The summed E-state index contributed by atoms with van der Waals surface area (Å²) < 4.78 is 18.8. The summed E-state index contributed by atoms with van der Waals surface area (Å²) in [6.45, 7) is 1.59. The number of aromatic hydroxyl groups is 1. The minimum Gasteiger partial charge on any atom is -0.507 e. The predicted molar refractivity (Wildman–Crippen MR) is 190 cm³/mol. The van der Waals surface area contributed by atoms with E-state index >= 15 is 0 Å². The largest absolute Gasteiger partial charge is 0.507 e. The molecule has 2 N–H and O–H groups in total. The highest BCUT2D eigenvalue weighted by atomic mass is 16.5. The van der Waals surface area contributed by atoms with Gasteiger partial charge in [0.15, 0.2) is 0 Å². The minimum atomic E-state index is -0.488. The van der Waals surface area contributed by atoms with Crippen molar-refractivity contribution in [1.82, 2.24) is 9.88 Å². The number of nitrogens with one attached hydrogen (secondary N) is 1. The number of aromatic amines is 1. The highest BCUT2D eigenvalue weighted by Gasteiger charge is 2.45. The van der Waals surface area contributed by atoms with E-state index in [4.69, 9.17) is 19.2 Å². The number of para-hydroxylation sites is 1. The summed E-state index contributed by atoms with van der Waals surface area (Å²) in [7, 11) is 0. The van der Waals surface area contributed by atoms with Crippen molar-refractivity contribution in [3.05, 3.63) is 165 Å². The Hall–Kier alpha value is -6.12. The lowest BCUT2D eigenvalue weighted by atomic mass is 9.82. The molecule has 0 saturated heterocycles. The van der Waals surface area contributed by atoms with Gasteiger partial charge < -0.3 is 29.2 Å². The standard InChI is InChI=1S/C42H33N3O5/c46-31-19-20-33(50-24-28-15-8-3-9-16-28)39-37(31)35-30-21-45(25-48-22-26-11-4-1-5-12-26)42(47)36(30)34-29-17-10-18-32(38(29)43-40(34)41(35)44-39)49-23-27-13-6-2-7-14-27/h1-20,41,43,46H,21-25H2. The van der Waals surface area contributed by atoms with Gasteiger partial charge in [0.1, 0.15) is 48.6 Å². The summed E-state index contributed by atoms with van der Waals surface area (Å²) in [6.07, 6.45) is 0. The molecule has 0 saturated carbocycles. The van der Waals surface area contributed by atoms with E-state index in [9.17, 15) is 9.90 Å². The zero-order valence-electron chi connectivity index (χ0n) is 27.1. The van der Waals surface area contributed by atoms with Crippen LogP contribution >= 0.6 is 0 Å². The van der Waals surface area contributed by atoms with E-state index < -0.39 is 6.04 Å². The third kappa shape index (κ3) is 5.12. The number of aromatic nitrogens is 1. The zero-order valence-corrected chi connectivity index (χ0v) is 27.1. The van der Waals surface area contributed by atoms with Gasteiger partial charge in [-0.1, -0.05) is 103 Å². The third-order valence-electron chi connectivity index (χ3n) is 9.58. The smallest absolute Gasteiger partial charge is 0.257 e. The minimum absolute atomic E-state index is 0.0952. The van der Waals surface area contributed by atoms with Gasteiger partial charge in [0.25, 0.3) is 5.91 Å². The molecule has 0 radical (unpaired) electrons. The molecule has 0 fully saturated rings. The molecule has 1 aromatic heterocycles. The Kier molecular flexibility index (Phi) is 7.43. The number of hydrogen-bond acceptors (Lipinski definition) is 6. The van der Waals surface area contributed by atoms with Crippen LogP contribution in [0.15, 0.2) is 132 Å². The Morgan fingerprint density at radius 2 is 1.38 bits per heavy atom. The molecule has 3 aliphatic rings. The molecular formula is C42H33N3O5. The van der Waals surface area contributed by atoms with Gasteiger partial charge in [-0.25, -0.2) is 0 Å². The molecule has 9 rings (SSSR count). The Labute approximate surface area is 288 Å². The monoisotopic (exact) mass is 659 g/mol. The SMILES string of the molecule is O=C1C2=C(CN1COCc1ccccc1)C1=c3c(O)ccc(OCc4ccccc4)c3=NC1c1[nH]c3c(OCc4ccccc4)cccc3c12. The lowest BCUT2D eigenvalue weighted by Gasteiger charge is -2.21. The first kappa shape index (κ1) is 30.0.